The van der Waals surface area contributed by atoms with Crippen LogP contribution in [0.2, 0.25) is 0 Å². The van der Waals surface area contributed by atoms with Crippen molar-refractivity contribution in [2.24, 2.45) is 10.8 Å². The average Bonchev–Trinajstić information content (AvgIpc) is 1.87. The van der Waals surface area contributed by atoms with Crippen LogP contribution in [-0.2, 0) is 9.53 Å². The van der Waals surface area contributed by atoms with E-state index in [1.807, 2.05) is 5.43 Å². The molecular weight excluding hydrogens is 150 g/mol. The molecule has 3 N–H and O–H groups in total. The molecule has 0 aliphatic heterocycles. The molecule has 0 spiro atoms. The predicted molar refractivity (Wildman–Crippen MR) is 37.8 cm³/mol. The van der Waals surface area contributed by atoms with Crippen LogP contribution < -0.4 is 11.2 Å². The average molecular weight is 159 g/mol. The molecule has 0 unspecified atom stereocenters. The number of primary amides is 1. The molecule has 0 fully saturated rings. The van der Waals surface area contributed by atoms with E-state index in [9.17, 15) is 9.59 Å². The lowest BCUT2D eigenvalue weighted by molar-refractivity contribution is -0.134. The van der Waals surface area contributed by atoms with Crippen LogP contribution in [0, 0.1) is 0 Å². The number of nitrogens with one attached hydrogen (secondary N) is 1. The lowest BCUT2D eigenvalue weighted by Crippen LogP contribution is -2.25. The monoisotopic (exact) mass is 159 g/mol. The first-order chi connectivity index (χ1) is 5.16. The van der Waals surface area contributed by atoms with Gasteiger partial charge in [-0.15, -0.1) is 0 Å². The summed E-state index contributed by atoms with van der Waals surface area (Å²) in [5, 5.41) is 3.17. The van der Waals surface area contributed by atoms with E-state index >= 15 is 0 Å². The van der Waals surface area contributed by atoms with Gasteiger partial charge in [-0.1, -0.05) is 0 Å². The van der Waals surface area contributed by atoms with Gasteiger partial charge in [-0.2, -0.15) is 5.10 Å². The van der Waals surface area contributed by atoms with E-state index < -0.39 is 12.0 Å². The first-order valence-electron chi connectivity index (χ1n) is 2.92. The lowest BCUT2D eigenvalue weighted by Gasteiger charge is -1.93. The first kappa shape index (κ1) is 9.41. The number of hydrazone groups is 1. The summed E-state index contributed by atoms with van der Waals surface area (Å²) in [7, 11) is 0. The van der Waals surface area contributed by atoms with Gasteiger partial charge in [0.15, 0.2) is 0 Å². The number of ether oxygens (including phenoxy) is 1. The molecule has 0 saturated heterocycles. The molecule has 62 valence electrons. The highest BCUT2D eigenvalue weighted by atomic mass is 16.5. The van der Waals surface area contributed by atoms with E-state index in [1.165, 1.54) is 0 Å². The van der Waals surface area contributed by atoms with Crippen molar-refractivity contribution in [1.82, 2.24) is 5.43 Å². The number of hydrogen-bond acceptors (Lipinski definition) is 4. The minimum atomic E-state index is -0.828. The summed E-state index contributed by atoms with van der Waals surface area (Å²) in [4.78, 5) is 20.4. The molecule has 0 radical (unpaired) electrons. The number of carbonyl (C=O) groups excluding carboxylic acids is 2. The Morgan fingerprint density at radius 2 is 2.36 bits per heavy atom. The first-order valence-corrected chi connectivity index (χ1v) is 2.92. The van der Waals surface area contributed by atoms with Gasteiger partial charge >= 0.3 is 12.0 Å². The Hall–Kier alpha value is -1.59. The fourth-order valence-electron chi connectivity index (χ4n) is 0.328. The van der Waals surface area contributed by atoms with Crippen molar-refractivity contribution in [1.29, 1.82) is 0 Å². The van der Waals surface area contributed by atoms with Crippen molar-refractivity contribution in [3.05, 3.63) is 0 Å². The molecule has 2 amide bonds. The number of nitrogens with two attached hydrogens (primary N) is 1. The van der Waals surface area contributed by atoms with Crippen molar-refractivity contribution in [2.45, 2.75) is 6.92 Å². The summed E-state index contributed by atoms with van der Waals surface area (Å²) in [5.74, 6) is -0.624. The number of nitrogens with zero attached hydrogens (tertiary/aromatic N) is 1. The molecule has 6 nitrogen and oxygen atoms in total. The number of urea groups is 1. The van der Waals surface area contributed by atoms with E-state index in [2.05, 4.69) is 15.6 Å². The van der Waals surface area contributed by atoms with Gasteiger partial charge in [0.2, 0.25) is 0 Å². The van der Waals surface area contributed by atoms with E-state index in [0.29, 0.717) is 0 Å². The highest BCUT2D eigenvalue weighted by Crippen LogP contribution is 1.71. The Balaban J connectivity index is 3.56. The van der Waals surface area contributed by atoms with E-state index in [-0.39, 0.29) is 6.61 Å². The quantitative estimate of drug-likeness (QED) is 0.321. The minimum Gasteiger partial charge on any atom is -0.462 e. The van der Waals surface area contributed by atoms with Crippen LogP contribution in [0.5, 0.6) is 0 Å². The van der Waals surface area contributed by atoms with Crippen molar-refractivity contribution in [3.8, 4) is 0 Å². The molecule has 11 heavy (non-hydrogen) atoms. The topological polar surface area (TPSA) is 93.8 Å². The van der Waals surface area contributed by atoms with Gasteiger partial charge in [-0.25, -0.2) is 15.0 Å². The molecular formula is C5H9N3O3. The Morgan fingerprint density at radius 1 is 1.73 bits per heavy atom. The number of amides is 2. The van der Waals surface area contributed by atoms with E-state index in [4.69, 9.17) is 0 Å². The summed E-state index contributed by atoms with van der Waals surface area (Å²) in [6, 6.07) is -0.828. The van der Waals surface area contributed by atoms with E-state index in [0.717, 1.165) is 6.21 Å². The molecule has 0 aliphatic carbocycles. The Bertz CT molecular complexity index is 178. The SMILES string of the molecule is CCOC(=O)/C=N\NC(N)=O. The Kier molecular flexibility index (Phi) is 4.46. The third-order valence-electron chi connectivity index (χ3n) is 0.631. The van der Waals surface area contributed by atoms with Crippen LogP contribution in [-0.4, -0.2) is 24.8 Å². The van der Waals surface area contributed by atoms with Crippen molar-refractivity contribution < 1.29 is 14.3 Å². The second kappa shape index (κ2) is 5.21. The third kappa shape index (κ3) is 6.29. The fraction of sp³-hybridized carbons (Fsp3) is 0.400. The van der Waals surface area contributed by atoms with Crippen molar-refractivity contribution >= 4 is 18.2 Å². The maximum absolute atomic E-state index is 10.5. The van der Waals surface area contributed by atoms with Crippen LogP contribution in [0.1, 0.15) is 6.92 Å². The maximum atomic E-state index is 10.5. The smallest absolute Gasteiger partial charge is 0.351 e. The predicted octanol–water partition coefficient (Wildman–Crippen LogP) is -0.796. The molecule has 0 heterocycles. The zero-order valence-electron chi connectivity index (χ0n) is 6.03. The normalized spacial score (nSPS) is 9.55. The summed E-state index contributed by atoms with van der Waals surface area (Å²) in [5.41, 5.74) is 6.48. The number of rotatable bonds is 3. The largest absolute Gasteiger partial charge is 0.462 e. The molecule has 0 aromatic rings. The van der Waals surface area contributed by atoms with Gasteiger partial charge in [0.05, 0.1) is 6.61 Å². The summed E-state index contributed by atoms with van der Waals surface area (Å²) in [6.45, 7) is 1.93. The standard InChI is InChI=1S/C5H9N3O3/c1-2-11-4(9)3-7-8-5(6)10/h3H,2H2,1H3,(H3,6,8,10)/b7-3-. The minimum absolute atomic E-state index is 0.265. The second-order valence-corrected chi connectivity index (χ2v) is 1.49. The van der Waals surface area contributed by atoms with Crippen LogP contribution in [0.4, 0.5) is 4.79 Å². The number of hydrogen-bond donors (Lipinski definition) is 2. The van der Waals surface area contributed by atoms with Crippen LogP contribution in [0.15, 0.2) is 5.10 Å². The third-order valence-corrected chi connectivity index (χ3v) is 0.631. The molecule has 0 atom stereocenters. The Labute approximate surface area is 63.4 Å². The molecule has 0 rings (SSSR count). The second-order valence-electron chi connectivity index (χ2n) is 1.49. The molecule has 0 aromatic carbocycles. The van der Waals surface area contributed by atoms with Gasteiger partial charge in [0, 0.05) is 0 Å². The number of esters is 1. The summed E-state index contributed by atoms with van der Waals surface area (Å²) in [6.07, 6.45) is 0.828. The van der Waals surface area contributed by atoms with Crippen LogP contribution >= 0.6 is 0 Å². The zero-order chi connectivity index (χ0) is 8.69. The molecule has 0 aromatic heterocycles. The van der Waals surface area contributed by atoms with Crippen LogP contribution in [0.3, 0.4) is 0 Å². The fourth-order valence-corrected chi connectivity index (χ4v) is 0.328. The molecule has 0 aliphatic rings. The Morgan fingerprint density at radius 3 is 2.82 bits per heavy atom. The summed E-state index contributed by atoms with van der Waals surface area (Å²) >= 11 is 0. The van der Waals surface area contributed by atoms with Gasteiger partial charge in [-0.3, -0.25) is 0 Å². The van der Waals surface area contributed by atoms with E-state index in [1.54, 1.807) is 6.92 Å². The van der Waals surface area contributed by atoms with Crippen molar-refractivity contribution in [3.63, 3.8) is 0 Å². The maximum Gasteiger partial charge on any atom is 0.351 e. The van der Waals surface area contributed by atoms with Gasteiger partial charge in [0.1, 0.15) is 6.21 Å². The molecule has 0 saturated carbocycles. The highest BCUT2D eigenvalue weighted by Gasteiger charge is 1.93. The highest BCUT2D eigenvalue weighted by molar-refractivity contribution is 6.23. The van der Waals surface area contributed by atoms with Gasteiger partial charge in [0.25, 0.3) is 0 Å². The zero-order valence-corrected chi connectivity index (χ0v) is 6.03. The van der Waals surface area contributed by atoms with Gasteiger partial charge in [-0.05, 0) is 6.92 Å². The van der Waals surface area contributed by atoms with Crippen LogP contribution in [0.25, 0.3) is 0 Å². The number of carbonyl (C=O) groups is 2. The lowest BCUT2D eigenvalue weighted by atomic mass is 10.7. The summed E-state index contributed by atoms with van der Waals surface area (Å²) < 4.78 is 4.44. The van der Waals surface area contributed by atoms with Gasteiger partial charge < -0.3 is 10.5 Å². The van der Waals surface area contributed by atoms with Crippen molar-refractivity contribution in [2.75, 3.05) is 6.61 Å². The molecule has 6 heteroatoms. The molecule has 0 bridgehead atoms.